The molecule has 0 aliphatic carbocycles. The summed E-state index contributed by atoms with van der Waals surface area (Å²) >= 11 is 6.28. The van der Waals surface area contributed by atoms with Crippen LogP contribution in [0.25, 0.3) is 11.2 Å². The molecular formula is C27H34ClN11O4S. The number of nitrogens with two attached hydrogens (primary N) is 2. The monoisotopic (exact) mass is 643 g/mol. The Kier molecular flexibility index (Phi) is 7.94. The van der Waals surface area contributed by atoms with Crippen LogP contribution in [-0.2, 0) is 28.2 Å². The Morgan fingerprint density at radius 3 is 2.70 bits per heavy atom. The molecule has 0 spiro atoms. The molecule has 15 nitrogen and oxygen atoms in total. The van der Waals surface area contributed by atoms with Crippen LogP contribution in [-0.4, -0.2) is 73.6 Å². The van der Waals surface area contributed by atoms with Crippen molar-refractivity contribution < 1.29 is 18.3 Å². The van der Waals surface area contributed by atoms with Gasteiger partial charge in [0.25, 0.3) is 0 Å². The summed E-state index contributed by atoms with van der Waals surface area (Å²) in [6.07, 6.45) is 7.90. The van der Waals surface area contributed by atoms with Crippen molar-refractivity contribution in [2.24, 2.45) is 23.2 Å². The maximum absolute atomic E-state index is 13.9. The van der Waals surface area contributed by atoms with E-state index in [0.717, 1.165) is 12.8 Å². The molecule has 2 aliphatic heterocycles. The quantitative estimate of drug-likeness (QED) is 0.196. The number of pyridine rings is 1. The molecule has 44 heavy (non-hydrogen) atoms. The predicted molar refractivity (Wildman–Crippen MR) is 163 cm³/mol. The minimum absolute atomic E-state index is 0.00752. The third-order valence-electron chi connectivity index (χ3n) is 8.28. The summed E-state index contributed by atoms with van der Waals surface area (Å²) in [6.45, 7) is 3.22. The molecule has 5 N–H and O–H groups in total. The van der Waals surface area contributed by atoms with E-state index in [1.165, 1.54) is 16.9 Å². The van der Waals surface area contributed by atoms with Crippen LogP contribution in [0.2, 0.25) is 5.02 Å². The SMILES string of the molecule is Cn1cc(N=C(N)C2(C)CCN(c3nc4c(nc3CO)c(S(=O)(=O)c3ccnc(N)c3Cl)nn4C3CCCCO3)CC2)cn1. The van der Waals surface area contributed by atoms with Gasteiger partial charge < -0.3 is 26.2 Å². The topological polar surface area (TPSA) is 206 Å². The first-order valence-corrected chi connectivity index (χ1v) is 16.1. The van der Waals surface area contributed by atoms with Crippen LogP contribution in [0.4, 0.5) is 17.3 Å². The molecule has 0 amide bonds. The smallest absolute Gasteiger partial charge is 0.229 e. The van der Waals surface area contributed by atoms with Gasteiger partial charge in [0.15, 0.2) is 17.7 Å². The number of fused-ring (bicyclic) bond motifs is 1. The van der Waals surface area contributed by atoms with Crippen molar-refractivity contribution in [1.82, 2.24) is 34.5 Å². The first kappa shape index (κ1) is 30.2. The molecule has 17 heteroatoms. The van der Waals surface area contributed by atoms with Crippen molar-refractivity contribution in [3.63, 3.8) is 0 Å². The third kappa shape index (κ3) is 5.35. The fraction of sp³-hybridized carbons (Fsp3) is 0.481. The van der Waals surface area contributed by atoms with Gasteiger partial charge in [0.1, 0.15) is 33.6 Å². The zero-order valence-electron chi connectivity index (χ0n) is 24.4. The molecule has 4 aromatic rings. The van der Waals surface area contributed by atoms with Gasteiger partial charge in [-0.3, -0.25) is 4.68 Å². The lowest BCUT2D eigenvalue weighted by Crippen LogP contribution is -2.46. The van der Waals surface area contributed by atoms with E-state index in [9.17, 15) is 13.5 Å². The molecule has 1 atom stereocenters. The van der Waals surface area contributed by atoms with Gasteiger partial charge in [0.05, 0.1) is 23.9 Å². The Balaban J connectivity index is 1.40. The van der Waals surface area contributed by atoms with Gasteiger partial charge in [-0.05, 0) is 38.2 Å². The van der Waals surface area contributed by atoms with Gasteiger partial charge in [0.2, 0.25) is 14.9 Å². The number of aryl methyl sites for hydroxylation is 1. The summed E-state index contributed by atoms with van der Waals surface area (Å²) in [5, 5.41) is 18.5. The van der Waals surface area contributed by atoms with E-state index in [-0.39, 0.29) is 43.0 Å². The average Bonchev–Trinajstić information content (AvgIpc) is 3.61. The zero-order valence-corrected chi connectivity index (χ0v) is 26.0. The summed E-state index contributed by atoms with van der Waals surface area (Å²) < 4.78 is 37.0. The summed E-state index contributed by atoms with van der Waals surface area (Å²) in [6, 6.07) is 1.26. The second kappa shape index (κ2) is 11.6. The van der Waals surface area contributed by atoms with E-state index < -0.39 is 22.7 Å². The number of nitrogens with zero attached hydrogens (tertiary/aromatic N) is 9. The van der Waals surface area contributed by atoms with Gasteiger partial charge in [-0.25, -0.2) is 33.0 Å². The first-order valence-electron chi connectivity index (χ1n) is 14.3. The maximum Gasteiger partial charge on any atom is 0.229 e. The fourth-order valence-corrected chi connectivity index (χ4v) is 7.36. The third-order valence-corrected chi connectivity index (χ3v) is 10.5. The number of aromatic nitrogens is 7. The average molecular weight is 644 g/mol. The van der Waals surface area contributed by atoms with E-state index >= 15 is 0 Å². The standard InChI is InChI=1S/C27H34ClN11O4S/c1-27(26(30)33-16-13-32-37(2)14-16)7-10-38(11-8-27)23-17(15-40)34-21-24(35-23)39(19-5-3-4-12-43-19)36-25(21)44(41,42)18-6-9-31-22(29)20(18)28/h6,9,13-14,19,40H,3-5,7-8,10-12,15H2,1-2H3,(H2,29,31)(H2,30,33). The summed E-state index contributed by atoms with van der Waals surface area (Å²) in [7, 11) is -2.50. The van der Waals surface area contributed by atoms with Gasteiger partial charge in [0, 0.05) is 38.4 Å². The Bertz CT molecular complexity index is 1840. The number of ether oxygens (including phenoxy) is 1. The maximum atomic E-state index is 13.9. The van der Waals surface area contributed by atoms with Crippen molar-refractivity contribution in [3.8, 4) is 0 Å². The second-order valence-electron chi connectivity index (χ2n) is 11.3. The normalized spacial score (nSPS) is 19.5. The van der Waals surface area contributed by atoms with Gasteiger partial charge in [-0.2, -0.15) is 10.2 Å². The zero-order chi connectivity index (χ0) is 31.2. The Hall–Kier alpha value is -3.86. The molecule has 2 fully saturated rings. The van der Waals surface area contributed by atoms with E-state index in [0.29, 0.717) is 56.3 Å². The van der Waals surface area contributed by atoms with Crippen LogP contribution >= 0.6 is 11.6 Å². The molecule has 0 saturated carbocycles. The number of amidine groups is 1. The second-order valence-corrected chi connectivity index (χ2v) is 13.5. The van der Waals surface area contributed by atoms with E-state index in [2.05, 4.69) is 32.1 Å². The highest BCUT2D eigenvalue weighted by atomic mass is 35.5. The molecule has 0 aromatic carbocycles. The van der Waals surface area contributed by atoms with Crippen molar-refractivity contribution >= 4 is 55.8 Å². The van der Waals surface area contributed by atoms with E-state index in [1.54, 1.807) is 17.1 Å². The number of sulfone groups is 1. The van der Waals surface area contributed by atoms with E-state index in [4.69, 9.17) is 32.8 Å². The number of aliphatic hydroxyl groups excluding tert-OH is 1. The lowest BCUT2D eigenvalue weighted by atomic mass is 9.79. The molecule has 2 saturated heterocycles. The molecule has 6 heterocycles. The Morgan fingerprint density at radius 2 is 2.05 bits per heavy atom. The van der Waals surface area contributed by atoms with Gasteiger partial charge in [-0.1, -0.05) is 18.5 Å². The number of aliphatic imine (C=N–C) groups is 1. The Labute approximate surface area is 258 Å². The molecule has 0 bridgehead atoms. The van der Waals surface area contributed by atoms with Crippen LogP contribution in [0.3, 0.4) is 0 Å². The minimum Gasteiger partial charge on any atom is -0.390 e. The van der Waals surface area contributed by atoms with E-state index in [1.807, 2.05) is 11.9 Å². The largest absolute Gasteiger partial charge is 0.390 e. The Morgan fingerprint density at radius 1 is 1.27 bits per heavy atom. The van der Waals surface area contributed by atoms with Crippen LogP contribution < -0.4 is 16.4 Å². The number of hydrogen-bond acceptors (Lipinski definition) is 12. The first-order chi connectivity index (χ1) is 21.0. The molecule has 234 valence electrons. The summed E-state index contributed by atoms with van der Waals surface area (Å²) in [5.74, 6) is 0.837. The number of aliphatic hydroxyl groups is 1. The number of halogens is 1. The predicted octanol–water partition coefficient (Wildman–Crippen LogP) is 2.51. The number of piperidine rings is 1. The molecule has 6 rings (SSSR count). The van der Waals surface area contributed by atoms with Crippen molar-refractivity contribution in [3.05, 3.63) is 35.4 Å². The van der Waals surface area contributed by atoms with Crippen molar-refractivity contribution in [2.45, 2.75) is 61.8 Å². The lowest BCUT2D eigenvalue weighted by Gasteiger charge is -2.39. The van der Waals surface area contributed by atoms with Crippen LogP contribution in [0.5, 0.6) is 0 Å². The van der Waals surface area contributed by atoms with Gasteiger partial charge >= 0.3 is 0 Å². The fourth-order valence-electron chi connectivity index (χ4n) is 5.57. The number of rotatable bonds is 7. The van der Waals surface area contributed by atoms with Crippen LogP contribution in [0.1, 0.15) is 50.9 Å². The minimum atomic E-state index is -4.32. The number of nitrogen functional groups attached to an aromatic ring is 1. The van der Waals surface area contributed by atoms with Crippen molar-refractivity contribution in [2.75, 3.05) is 30.3 Å². The molecule has 4 aromatic heterocycles. The molecular weight excluding hydrogens is 610 g/mol. The molecule has 0 radical (unpaired) electrons. The summed E-state index contributed by atoms with van der Waals surface area (Å²) in [5.41, 5.74) is 13.1. The van der Waals surface area contributed by atoms with Crippen molar-refractivity contribution in [1.29, 1.82) is 0 Å². The number of anilines is 2. The molecule has 2 aliphatic rings. The van der Waals surface area contributed by atoms with Gasteiger partial charge in [-0.15, -0.1) is 0 Å². The highest BCUT2D eigenvalue weighted by Gasteiger charge is 2.37. The lowest BCUT2D eigenvalue weighted by molar-refractivity contribution is -0.0376. The number of hydrogen-bond donors (Lipinski definition) is 3. The summed E-state index contributed by atoms with van der Waals surface area (Å²) in [4.78, 5) is 19.8. The highest BCUT2D eigenvalue weighted by Crippen LogP contribution is 2.38. The highest BCUT2D eigenvalue weighted by molar-refractivity contribution is 7.91. The van der Waals surface area contributed by atoms with Crippen LogP contribution in [0, 0.1) is 5.41 Å². The van der Waals surface area contributed by atoms with Crippen LogP contribution in [0.15, 0.2) is 39.6 Å². The molecule has 1 unspecified atom stereocenters.